The standard InChI is InChI=1S/C8H12N4O2/c1-3-10-8(14)6-5(7(13)9-2)11-4-12-6/h4H,3H2,1-2H3,(H,9,13)(H,10,14)(H,11,12). The average Bonchev–Trinajstić information content (AvgIpc) is 2.65. The number of nitrogens with zero attached hydrogens (tertiary/aromatic N) is 1. The Labute approximate surface area is 81.1 Å². The van der Waals surface area contributed by atoms with Crippen LogP contribution in [0.5, 0.6) is 0 Å². The summed E-state index contributed by atoms with van der Waals surface area (Å²) in [7, 11) is 1.49. The topological polar surface area (TPSA) is 86.9 Å². The van der Waals surface area contributed by atoms with E-state index in [9.17, 15) is 9.59 Å². The average molecular weight is 196 g/mol. The normalized spacial score (nSPS) is 9.57. The molecule has 1 heterocycles. The van der Waals surface area contributed by atoms with Gasteiger partial charge in [0.1, 0.15) is 5.69 Å². The number of nitrogens with one attached hydrogen (secondary N) is 3. The van der Waals surface area contributed by atoms with E-state index >= 15 is 0 Å². The molecule has 1 aromatic rings. The third kappa shape index (κ3) is 1.90. The van der Waals surface area contributed by atoms with E-state index in [1.807, 2.05) is 0 Å². The zero-order chi connectivity index (χ0) is 10.6. The molecule has 0 unspecified atom stereocenters. The molecule has 1 rings (SSSR count). The van der Waals surface area contributed by atoms with Crippen molar-refractivity contribution < 1.29 is 9.59 Å². The number of carbonyl (C=O) groups excluding carboxylic acids is 2. The first-order chi connectivity index (χ1) is 6.70. The highest BCUT2D eigenvalue weighted by Gasteiger charge is 2.18. The SMILES string of the molecule is CCNC(=O)c1nc[nH]c1C(=O)NC. The lowest BCUT2D eigenvalue weighted by molar-refractivity contribution is 0.0920. The summed E-state index contributed by atoms with van der Waals surface area (Å²) in [6.07, 6.45) is 1.31. The number of aromatic nitrogens is 2. The van der Waals surface area contributed by atoms with Gasteiger partial charge in [-0.3, -0.25) is 9.59 Å². The van der Waals surface area contributed by atoms with Crippen molar-refractivity contribution in [2.24, 2.45) is 0 Å². The van der Waals surface area contributed by atoms with Gasteiger partial charge in [0.05, 0.1) is 6.33 Å². The van der Waals surface area contributed by atoms with Crippen molar-refractivity contribution in [3.8, 4) is 0 Å². The van der Waals surface area contributed by atoms with Gasteiger partial charge in [-0.05, 0) is 6.92 Å². The van der Waals surface area contributed by atoms with Crippen LogP contribution in [-0.4, -0.2) is 35.4 Å². The molecule has 0 aliphatic carbocycles. The number of aromatic amines is 1. The minimum absolute atomic E-state index is 0.117. The Kier molecular flexibility index (Phi) is 3.22. The zero-order valence-electron chi connectivity index (χ0n) is 8.05. The monoisotopic (exact) mass is 196 g/mol. The molecule has 0 spiro atoms. The van der Waals surface area contributed by atoms with Gasteiger partial charge in [0.25, 0.3) is 11.8 Å². The number of carbonyl (C=O) groups is 2. The third-order valence-corrected chi connectivity index (χ3v) is 1.65. The lowest BCUT2D eigenvalue weighted by Crippen LogP contribution is -2.27. The molecule has 14 heavy (non-hydrogen) atoms. The highest BCUT2D eigenvalue weighted by molar-refractivity contribution is 6.04. The number of imidazole rings is 1. The second kappa shape index (κ2) is 4.40. The summed E-state index contributed by atoms with van der Waals surface area (Å²) in [6.45, 7) is 2.29. The minimum Gasteiger partial charge on any atom is -0.354 e. The van der Waals surface area contributed by atoms with Gasteiger partial charge in [0, 0.05) is 13.6 Å². The van der Waals surface area contributed by atoms with Gasteiger partial charge in [-0.25, -0.2) is 4.98 Å². The molecule has 76 valence electrons. The molecule has 0 aliphatic rings. The number of H-pyrrole nitrogens is 1. The van der Waals surface area contributed by atoms with Gasteiger partial charge in [-0.15, -0.1) is 0 Å². The molecule has 3 N–H and O–H groups in total. The predicted molar refractivity (Wildman–Crippen MR) is 50.0 cm³/mol. The predicted octanol–water partition coefficient (Wildman–Crippen LogP) is -0.481. The first kappa shape index (κ1) is 10.2. The van der Waals surface area contributed by atoms with Crippen molar-refractivity contribution in [1.82, 2.24) is 20.6 Å². The van der Waals surface area contributed by atoms with E-state index in [1.54, 1.807) is 6.92 Å². The molecule has 6 nitrogen and oxygen atoms in total. The molecule has 0 aliphatic heterocycles. The molecular weight excluding hydrogens is 184 g/mol. The minimum atomic E-state index is -0.358. The fourth-order valence-electron chi connectivity index (χ4n) is 1.01. The molecule has 0 fully saturated rings. The summed E-state index contributed by atoms with van der Waals surface area (Å²) in [4.78, 5) is 29.0. The van der Waals surface area contributed by atoms with Crippen LogP contribution in [0.4, 0.5) is 0 Å². The van der Waals surface area contributed by atoms with Crippen LogP contribution in [0.25, 0.3) is 0 Å². The van der Waals surface area contributed by atoms with Crippen molar-refractivity contribution >= 4 is 11.8 Å². The van der Waals surface area contributed by atoms with Crippen molar-refractivity contribution in [2.75, 3.05) is 13.6 Å². The van der Waals surface area contributed by atoms with Crippen molar-refractivity contribution in [2.45, 2.75) is 6.92 Å². The van der Waals surface area contributed by atoms with Crippen molar-refractivity contribution in [1.29, 1.82) is 0 Å². The highest BCUT2D eigenvalue weighted by Crippen LogP contribution is 2.01. The maximum absolute atomic E-state index is 11.4. The summed E-state index contributed by atoms with van der Waals surface area (Å²) < 4.78 is 0. The second-order valence-electron chi connectivity index (χ2n) is 2.56. The number of hydrogen-bond donors (Lipinski definition) is 3. The van der Waals surface area contributed by atoms with Crippen molar-refractivity contribution in [3.05, 3.63) is 17.7 Å². The largest absolute Gasteiger partial charge is 0.354 e. The first-order valence-electron chi connectivity index (χ1n) is 4.24. The van der Waals surface area contributed by atoms with Crippen LogP contribution < -0.4 is 10.6 Å². The lowest BCUT2D eigenvalue weighted by atomic mass is 10.3. The van der Waals surface area contributed by atoms with Crippen LogP contribution in [0, 0.1) is 0 Å². The van der Waals surface area contributed by atoms with E-state index in [1.165, 1.54) is 13.4 Å². The van der Waals surface area contributed by atoms with Crippen LogP contribution in [0.2, 0.25) is 0 Å². The summed E-state index contributed by atoms with van der Waals surface area (Å²) in [5, 5.41) is 4.98. The quantitative estimate of drug-likeness (QED) is 0.610. The maximum atomic E-state index is 11.4. The van der Waals surface area contributed by atoms with E-state index in [2.05, 4.69) is 20.6 Å². The van der Waals surface area contributed by atoms with Crippen molar-refractivity contribution in [3.63, 3.8) is 0 Å². The molecular formula is C8H12N4O2. The van der Waals surface area contributed by atoms with Gasteiger partial charge in [-0.1, -0.05) is 0 Å². The summed E-state index contributed by atoms with van der Waals surface area (Å²) in [5.41, 5.74) is 0.296. The Balaban J connectivity index is 2.92. The van der Waals surface area contributed by atoms with Gasteiger partial charge in [0.2, 0.25) is 0 Å². The van der Waals surface area contributed by atoms with Gasteiger partial charge < -0.3 is 15.6 Å². The van der Waals surface area contributed by atoms with Crippen LogP contribution in [0.1, 0.15) is 27.9 Å². The van der Waals surface area contributed by atoms with Crippen LogP contribution in [-0.2, 0) is 0 Å². The third-order valence-electron chi connectivity index (χ3n) is 1.65. The van der Waals surface area contributed by atoms with Gasteiger partial charge >= 0.3 is 0 Å². The van der Waals surface area contributed by atoms with E-state index in [0.717, 1.165) is 0 Å². The van der Waals surface area contributed by atoms with E-state index in [0.29, 0.717) is 6.54 Å². The fraction of sp³-hybridized carbons (Fsp3) is 0.375. The maximum Gasteiger partial charge on any atom is 0.272 e. The molecule has 0 bridgehead atoms. The molecule has 2 amide bonds. The summed E-state index contributed by atoms with van der Waals surface area (Å²) >= 11 is 0. The fourth-order valence-corrected chi connectivity index (χ4v) is 1.01. The number of amides is 2. The molecule has 0 saturated carbocycles. The van der Waals surface area contributed by atoms with Crippen LogP contribution in [0.3, 0.4) is 0 Å². The highest BCUT2D eigenvalue weighted by atomic mass is 16.2. The van der Waals surface area contributed by atoms with E-state index in [4.69, 9.17) is 0 Å². The number of rotatable bonds is 3. The van der Waals surface area contributed by atoms with E-state index in [-0.39, 0.29) is 23.2 Å². The van der Waals surface area contributed by atoms with Crippen LogP contribution in [0.15, 0.2) is 6.33 Å². The molecule has 1 aromatic heterocycles. The Morgan fingerprint density at radius 2 is 2.21 bits per heavy atom. The zero-order valence-corrected chi connectivity index (χ0v) is 8.05. The van der Waals surface area contributed by atoms with Crippen LogP contribution >= 0.6 is 0 Å². The lowest BCUT2D eigenvalue weighted by Gasteiger charge is -2.01. The smallest absolute Gasteiger partial charge is 0.272 e. The molecule has 0 atom stereocenters. The Morgan fingerprint density at radius 1 is 1.50 bits per heavy atom. The summed E-state index contributed by atoms with van der Waals surface area (Å²) in [5.74, 6) is -0.712. The Morgan fingerprint density at radius 3 is 2.79 bits per heavy atom. The molecule has 0 radical (unpaired) electrons. The molecule has 0 saturated heterocycles. The van der Waals surface area contributed by atoms with Gasteiger partial charge in [0.15, 0.2) is 5.69 Å². The molecule has 6 heteroatoms. The van der Waals surface area contributed by atoms with Gasteiger partial charge in [-0.2, -0.15) is 0 Å². The Bertz CT molecular complexity index is 345. The number of hydrogen-bond acceptors (Lipinski definition) is 3. The van der Waals surface area contributed by atoms with E-state index < -0.39 is 0 Å². The Hall–Kier alpha value is -1.85. The summed E-state index contributed by atoms with van der Waals surface area (Å²) in [6, 6.07) is 0. The first-order valence-corrected chi connectivity index (χ1v) is 4.24. The second-order valence-corrected chi connectivity index (χ2v) is 2.56. The molecule has 0 aromatic carbocycles.